The molecule has 0 spiro atoms. The number of rotatable bonds is 2. The summed E-state index contributed by atoms with van der Waals surface area (Å²) in [7, 11) is 0. The second-order valence-corrected chi connectivity index (χ2v) is 6.52. The van der Waals surface area contributed by atoms with Crippen LogP contribution in [-0.2, 0) is 0 Å². The fourth-order valence-electron chi connectivity index (χ4n) is 3.76. The maximum absolute atomic E-state index is 12.6. The van der Waals surface area contributed by atoms with Crippen LogP contribution < -0.4 is 5.32 Å². The third-order valence-corrected chi connectivity index (χ3v) is 4.90. The predicted octanol–water partition coefficient (Wildman–Crippen LogP) is 2.45. The molecule has 0 bridgehead atoms. The lowest BCUT2D eigenvalue weighted by molar-refractivity contribution is 0.0879. The molecule has 27 heavy (non-hydrogen) atoms. The molecule has 2 aromatic carbocycles. The molecule has 0 fully saturated rings. The quantitative estimate of drug-likeness (QED) is 0.638. The Balaban J connectivity index is 1.83. The summed E-state index contributed by atoms with van der Waals surface area (Å²) >= 11 is 0. The van der Waals surface area contributed by atoms with Gasteiger partial charge >= 0.3 is 0 Å². The number of benzene rings is 2. The first-order valence-electron chi connectivity index (χ1n) is 8.36. The average Bonchev–Trinajstić information content (AvgIpc) is 3.17. The van der Waals surface area contributed by atoms with Gasteiger partial charge in [0.1, 0.15) is 6.29 Å². The first kappa shape index (κ1) is 15.6. The fraction of sp³-hybridized carbons (Fsp3) is 0.0476. The second-order valence-electron chi connectivity index (χ2n) is 6.52. The molecule has 1 unspecified atom stereocenters. The van der Waals surface area contributed by atoms with Gasteiger partial charge in [0, 0.05) is 16.7 Å². The zero-order valence-corrected chi connectivity index (χ0v) is 13.9. The minimum atomic E-state index is -0.773. The van der Waals surface area contributed by atoms with Gasteiger partial charge in [0.25, 0.3) is 11.8 Å². The van der Waals surface area contributed by atoms with Gasteiger partial charge in [0.2, 0.25) is 0 Å². The van der Waals surface area contributed by atoms with Gasteiger partial charge in [-0.1, -0.05) is 24.3 Å². The summed E-state index contributed by atoms with van der Waals surface area (Å²) in [5.41, 5.74) is 4.61. The monoisotopic (exact) mass is 356 g/mol. The number of amides is 2. The van der Waals surface area contributed by atoms with E-state index >= 15 is 0 Å². The van der Waals surface area contributed by atoms with E-state index in [0.29, 0.717) is 39.2 Å². The van der Waals surface area contributed by atoms with E-state index < -0.39 is 17.9 Å². The maximum Gasteiger partial charge on any atom is 0.259 e. The number of imide groups is 1. The Bertz CT molecular complexity index is 1170. The molecule has 2 heterocycles. The molecule has 2 aliphatic heterocycles. The number of aliphatic imine (C=N–C) groups is 1. The summed E-state index contributed by atoms with van der Waals surface area (Å²) in [5, 5.41) is 12.3. The molecule has 6 nitrogen and oxygen atoms in total. The number of nitrogens with one attached hydrogen (secondary N) is 1. The third kappa shape index (κ3) is 2.17. The van der Waals surface area contributed by atoms with Crippen molar-refractivity contribution in [3.63, 3.8) is 0 Å². The van der Waals surface area contributed by atoms with Crippen LogP contribution in [0.25, 0.3) is 16.7 Å². The predicted molar refractivity (Wildman–Crippen MR) is 99.3 cm³/mol. The average molecular weight is 356 g/mol. The van der Waals surface area contributed by atoms with Crippen LogP contribution in [0, 0.1) is 0 Å². The van der Waals surface area contributed by atoms with Crippen LogP contribution in [0.15, 0.2) is 53.6 Å². The number of nitrogens with zero attached hydrogens (tertiary/aromatic N) is 1. The molecule has 1 atom stereocenters. The lowest BCUT2D eigenvalue weighted by atomic mass is 9.87. The van der Waals surface area contributed by atoms with Crippen molar-refractivity contribution in [3.05, 3.63) is 70.8 Å². The lowest BCUT2D eigenvalue weighted by Gasteiger charge is -2.14. The molecule has 6 heteroatoms. The third-order valence-electron chi connectivity index (χ3n) is 4.90. The molecule has 0 aromatic heterocycles. The first-order chi connectivity index (χ1) is 13.1. The van der Waals surface area contributed by atoms with E-state index in [-0.39, 0.29) is 11.1 Å². The highest BCUT2D eigenvalue weighted by Gasteiger charge is 2.38. The Kier molecular flexibility index (Phi) is 3.14. The smallest absolute Gasteiger partial charge is 0.259 e. The summed E-state index contributed by atoms with van der Waals surface area (Å²) in [6.07, 6.45) is 4.88. The van der Waals surface area contributed by atoms with Gasteiger partial charge in [-0.2, -0.15) is 0 Å². The molecular formula is C21H12N2O4. The normalized spacial score (nSPS) is 19.1. The van der Waals surface area contributed by atoms with Crippen molar-refractivity contribution in [2.24, 2.45) is 4.99 Å². The maximum atomic E-state index is 12.6. The number of allylic oxidation sites excluding steroid dienone is 2. The number of hydrogen-bond donors (Lipinski definition) is 2. The van der Waals surface area contributed by atoms with Gasteiger partial charge in [-0.15, -0.1) is 0 Å². The summed E-state index contributed by atoms with van der Waals surface area (Å²) in [5.74, 6) is -0.966. The van der Waals surface area contributed by atoms with Gasteiger partial charge in [0.05, 0.1) is 28.6 Å². The molecule has 1 aliphatic carbocycles. The van der Waals surface area contributed by atoms with Gasteiger partial charge in [-0.3, -0.25) is 19.7 Å². The topological polar surface area (TPSA) is 95.8 Å². The Morgan fingerprint density at radius 2 is 1.89 bits per heavy atom. The van der Waals surface area contributed by atoms with Crippen molar-refractivity contribution in [1.29, 1.82) is 0 Å². The number of aliphatic hydroxyl groups is 1. The van der Waals surface area contributed by atoms with Crippen LogP contribution in [0.4, 0.5) is 5.69 Å². The fourth-order valence-corrected chi connectivity index (χ4v) is 3.76. The molecule has 130 valence electrons. The SMILES string of the molecule is O=Cc1cccc(-c2cc3c(c4c2C(=O)NC4=O)C2=CC(O)C=CC2=N3)c1. The molecular weight excluding hydrogens is 344 g/mol. The highest BCUT2D eigenvalue weighted by molar-refractivity contribution is 6.38. The Morgan fingerprint density at radius 3 is 2.70 bits per heavy atom. The van der Waals surface area contributed by atoms with Crippen molar-refractivity contribution in [2.75, 3.05) is 0 Å². The van der Waals surface area contributed by atoms with E-state index in [1.54, 1.807) is 48.6 Å². The summed E-state index contributed by atoms with van der Waals surface area (Å²) in [4.78, 5) is 40.8. The minimum Gasteiger partial charge on any atom is -0.385 e. The zero-order valence-electron chi connectivity index (χ0n) is 13.9. The molecule has 2 aromatic rings. The van der Waals surface area contributed by atoms with E-state index in [4.69, 9.17) is 0 Å². The zero-order chi connectivity index (χ0) is 18.7. The number of carbonyl (C=O) groups is 3. The number of hydrogen-bond acceptors (Lipinski definition) is 5. The van der Waals surface area contributed by atoms with E-state index in [0.717, 1.165) is 6.29 Å². The molecule has 2 amide bonds. The second kappa shape index (κ2) is 5.43. The summed E-state index contributed by atoms with van der Waals surface area (Å²) in [6, 6.07) is 8.59. The van der Waals surface area contributed by atoms with Crippen LogP contribution in [0.1, 0.15) is 36.6 Å². The van der Waals surface area contributed by atoms with Crippen molar-refractivity contribution < 1.29 is 19.5 Å². The summed E-state index contributed by atoms with van der Waals surface area (Å²) < 4.78 is 0. The van der Waals surface area contributed by atoms with Crippen molar-refractivity contribution in [3.8, 4) is 11.1 Å². The van der Waals surface area contributed by atoms with Crippen LogP contribution in [0.3, 0.4) is 0 Å². The van der Waals surface area contributed by atoms with Crippen LogP contribution in [0.5, 0.6) is 0 Å². The van der Waals surface area contributed by atoms with Gasteiger partial charge in [0.15, 0.2) is 0 Å². The Labute approximate surface area is 153 Å². The van der Waals surface area contributed by atoms with Gasteiger partial charge in [-0.25, -0.2) is 4.99 Å². The van der Waals surface area contributed by atoms with Crippen LogP contribution >= 0.6 is 0 Å². The van der Waals surface area contributed by atoms with Crippen molar-refractivity contribution >= 4 is 35.1 Å². The molecule has 0 radical (unpaired) electrons. The molecule has 5 rings (SSSR count). The van der Waals surface area contributed by atoms with E-state index in [9.17, 15) is 19.5 Å². The number of fused-ring (bicyclic) bond motifs is 5. The standard InChI is InChI=1S/C21H12N2O4/c24-9-10-2-1-3-11(6-10)13-8-16-17(19-18(13)20(26)23-21(19)27)14-7-12(25)4-5-15(14)22-16/h1-9,12,25H,(H,23,26,27). The Hall–Kier alpha value is -3.64. The highest BCUT2D eigenvalue weighted by Crippen LogP contribution is 2.45. The van der Waals surface area contributed by atoms with Crippen molar-refractivity contribution in [2.45, 2.75) is 6.10 Å². The number of carbonyl (C=O) groups excluding carboxylic acids is 3. The highest BCUT2D eigenvalue weighted by atomic mass is 16.3. The molecule has 0 saturated heterocycles. The molecule has 2 N–H and O–H groups in total. The van der Waals surface area contributed by atoms with E-state index in [1.165, 1.54) is 0 Å². The van der Waals surface area contributed by atoms with Gasteiger partial charge in [-0.05, 0) is 35.4 Å². The van der Waals surface area contributed by atoms with Crippen molar-refractivity contribution in [1.82, 2.24) is 5.32 Å². The van der Waals surface area contributed by atoms with E-state index in [2.05, 4.69) is 10.3 Å². The number of aliphatic hydroxyl groups excluding tert-OH is 1. The van der Waals surface area contributed by atoms with E-state index in [1.807, 2.05) is 0 Å². The van der Waals surface area contributed by atoms with Crippen LogP contribution in [0.2, 0.25) is 0 Å². The first-order valence-corrected chi connectivity index (χ1v) is 8.36. The van der Waals surface area contributed by atoms with Crippen LogP contribution in [-0.4, -0.2) is 35.0 Å². The van der Waals surface area contributed by atoms with Gasteiger partial charge < -0.3 is 5.11 Å². The molecule has 3 aliphatic rings. The molecule has 0 saturated carbocycles. The Morgan fingerprint density at radius 1 is 1.07 bits per heavy atom. The minimum absolute atomic E-state index is 0.261. The largest absolute Gasteiger partial charge is 0.385 e. The number of aldehydes is 1. The summed E-state index contributed by atoms with van der Waals surface area (Å²) in [6.45, 7) is 0. The lowest BCUT2D eigenvalue weighted by Crippen LogP contribution is -2.20.